The average Bonchev–Trinajstić information content (AvgIpc) is 3.15. The van der Waals surface area contributed by atoms with E-state index >= 15 is 0 Å². The van der Waals surface area contributed by atoms with Crippen LogP contribution in [0.25, 0.3) is 11.3 Å². The number of amides is 2. The summed E-state index contributed by atoms with van der Waals surface area (Å²) in [5, 5.41) is 3.05. The Morgan fingerprint density at radius 2 is 1.87 bits per heavy atom. The highest BCUT2D eigenvalue weighted by Crippen LogP contribution is 2.21. The summed E-state index contributed by atoms with van der Waals surface area (Å²) in [5.41, 5.74) is 1.66. The number of hydrogen-bond acceptors (Lipinski definition) is 5. The van der Waals surface area contributed by atoms with Crippen LogP contribution < -0.4 is 5.32 Å². The molecular weight excluding hydrogens is 382 g/mol. The van der Waals surface area contributed by atoms with Crippen molar-refractivity contribution in [3.8, 4) is 11.3 Å². The summed E-state index contributed by atoms with van der Waals surface area (Å²) in [5.74, 6) is 1.24. The SMILES string of the molecule is Cc1ccc(-c2cnc(CCC(=O)NC3CCN(C(=O)OC(C)(C)C)CC3)o2)cc1. The summed E-state index contributed by atoms with van der Waals surface area (Å²) in [7, 11) is 0. The molecule has 1 aromatic heterocycles. The highest BCUT2D eigenvalue weighted by molar-refractivity contribution is 5.76. The van der Waals surface area contributed by atoms with E-state index in [0.29, 0.717) is 37.6 Å². The number of carbonyl (C=O) groups is 2. The molecule has 2 aromatic rings. The van der Waals surface area contributed by atoms with Crippen molar-refractivity contribution in [2.45, 2.75) is 65.0 Å². The van der Waals surface area contributed by atoms with E-state index in [1.54, 1.807) is 11.1 Å². The van der Waals surface area contributed by atoms with Crippen molar-refractivity contribution in [1.82, 2.24) is 15.2 Å². The van der Waals surface area contributed by atoms with E-state index in [9.17, 15) is 9.59 Å². The van der Waals surface area contributed by atoms with E-state index < -0.39 is 5.60 Å². The van der Waals surface area contributed by atoms with Crippen molar-refractivity contribution in [2.24, 2.45) is 0 Å². The van der Waals surface area contributed by atoms with Gasteiger partial charge in [0.05, 0.1) is 6.20 Å². The van der Waals surface area contributed by atoms with E-state index in [2.05, 4.69) is 10.3 Å². The van der Waals surface area contributed by atoms with Gasteiger partial charge in [0.1, 0.15) is 5.60 Å². The molecule has 2 amide bonds. The minimum absolute atomic E-state index is 0.0270. The van der Waals surface area contributed by atoms with Crippen LogP contribution in [0, 0.1) is 6.92 Å². The van der Waals surface area contributed by atoms with Gasteiger partial charge in [0.15, 0.2) is 11.7 Å². The van der Waals surface area contributed by atoms with Crippen LogP contribution in [-0.2, 0) is 16.0 Å². The van der Waals surface area contributed by atoms with Crippen LogP contribution >= 0.6 is 0 Å². The minimum Gasteiger partial charge on any atom is -0.444 e. The van der Waals surface area contributed by atoms with Gasteiger partial charge in [0, 0.05) is 37.5 Å². The molecule has 3 rings (SSSR count). The number of piperidine rings is 1. The zero-order valence-electron chi connectivity index (χ0n) is 18.2. The highest BCUT2D eigenvalue weighted by Gasteiger charge is 2.27. The molecule has 0 atom stereocenters. The van der Waals surface area contributed by atoms with Crippen molar-refractivity contribution in [3.05, 3.63) is 41.9 Å². The van der Waals surface area contributed by atoms with E-state index in [1.165, 1.54) is 5.56 Å². The molecule has 2 heterocycles. The Morgan fingerprint density at radius 3 is 2.50 bits per heavy atom. The predicted octanol–water partition coefficient (Wildman–Crippen LogP) is 4.10. The summed E-state index contributed by atoms with van der Waals surface area (Å²) < 4.78 is 11.2. The summed E-state index contributed by atoms with van der Waals surface area (Å²) in [6.07, 6.45) is 3.63. The van der Waals surface area contributed by atoms with Crippen molar-refractivity contribution >= 4 is 12.0 Å². The molecule has 0 radical (unpaired) electrons. The van der Waals surface area contributed by atoms with Crippen LogP contribution in [-0.4, -0.2) is 46.6 Å². The van der Waals surface area contributed by atoms with Crippen LogP contribution in [0.2, 0.25) is 0 Å². The zero-order valence-corrected chi connectivity index (χ0v) is 18.2. The molecule has 0 saturated carbocycles. The molecule has 1 saturated heterocycles. The van der Waals surface area contributed by atoms with Gasteiger partial charge in [-0.3, -0.25) is 4.79 Å². The maximum absolute atomic E-state index is 12.3. The quantitative estimate of drug-likeness (QED) is 0.798. The molecule has 0 bridgehead atoms. The first-order valence-electron chi connectivity index (χ1n) is 10.5. The minimum atomic E-state index is -0.499. The fourth-order valence-corrected chi connectivity index (χ4v) is 3.33. The van der Waals surface area contributed by atoms with Crippen LogP contribution in [0.5, 0.6) is 0 Å². The zero-order chi connectivity index (χ0) is 21.7. The summed E-state index contributed by atoms with van der Waals surface area (Å²) in [6.45, 7) is 8.77. The fraction of sp³-hybridized carbons (Fsp3) is 0.522. The molecule has 0 aliphatic carbocycles. The number of ether oxygens (including phenoxy) is 1. The van der Waals surface area contributed by atoms with Gasteiger partial charge in [0.2, 0.25) is 5.91 Å². The molecule has 1 aliphatic rings. The van der Waals surface area contributed by atoms with Gasteiger partial charge < -0.3 is 19.4 Å². The summed E-state index contributed by atoms with van der Waals surface area (Å²) in [6, 6.07) is 8.12. The van der Waals surface area contributed by atoms with Crippen LogP contribution in [0.4, 0.5) is 4.79 Å². The first-order valence-corrected chi connectivity index (χ1v) is 10.5. The predicted molar refractivity (Wildman–Crippen MR) is 114 cm³/mol. The number of benzene rings is 1. The fourth-order valence-electron chi connectivity index (χ4n) is 3.33. The number of hydrogen-bond donors (Lipinski definition) is 1. The smallest absolute Gasteiger partial charge is 0.410 e. The van der Waals surface area contributed by atoms with E-state index in [0.717, 1.165) is 18.4 Å². The molecule has 1 aliphatic heterocycles. The van der Waals surface area contributed by atoms with Gasteiger partial charge in [-0.15, -0.1) is 0 Å². The number of rotatable bonds is 5. The standard InChI is InChI=1S/C23H31N3O4/c1-16-5-7-17(8-6-16)19-15-24-21(29-19)10-9-20(27)25-18-11-13-26(14-12-18)22(28)30-23(2,3)4/h5-8,15,18H,9-14H2,1-4H3,(H,25,27). The number of likely N-dealkylation sites (tertiary alicyclic amines) is 1. The second-order valence-corrected chi connectivity index (χ2v) is 8.79. The number of oxazole rings is 1. The Balaban J connectivity index is 1.41. The molecule has 1 N–H and O–H groups in total. The van der Waals surface area contributed by atoms with Crippen LogP contribution in [0.3, 0.4) is 0 Å². The lowest BCUT2D eigenvalue weighted by Crippen LogP contribution is -2.47. The van der Waals surface area contributed by atoms with Crippen LogP contribution in [0.15, 0.2) is 34.9 Å². The number of aromatic nitrogens is 1. The van der Waals surface area contributed by atoms with E-state index in [1.807, 2.05) is 52.0 Å². The number of nitrogens with zero attached hydrogens (tertiary/aromatic N) is 2. The summed E-state index contributed by atoms with van der Waals surface area (Å²) >= 11 is 0. The Morgan fingerprint density at radius 1 is 1.20 bits per heavy atom. The van der Waals surface area contributed by atoms with Gasteiger partial charge in [-0.05, 0) is 40.5 Å². The Labute approximate surface area is 177 Å². The molecule has 162 valence electrons. The normalized spacial score (nSPS) is 15.1. The first-order chi connectivity index (χ1) is 14.2. The number of aryl methyl sites for hydroxylation is 2. The lowest BCUT2D eigenvalue weighted by atomic mass is 10.1. The Hall–Kier alpha value is -2.83. The molecule has 1 aromatic carbocycles. The van der Waals surface area contributed by atoms with E-state index in [-0.39, 0.29) is 18.0 Å². The van der Waals surface area contributed by atoms with Gasteiger partial charge >= 0.3 is 6.09 Å². The van der Waals surface area contributed by atoms with Crippen molar-refractivity contribution in [3.63, 3.8) is 0 Å². The molecule has 7 nitrogen and oxygen atoms in total. The second kappa shape index (κ2) is 9.32. The monoisotopic (exact) mass is 413 g/mol. The molecule has 30 heavy (non-hydrogen) atoms. The lowest BCUT2D eigenvalue weighted by molar-refractivity contribution is -0.122. The molecule has 7 heteroatoms. The number of carbonyl (C=O) groups excluding carboxylic acids is 2. The van der Waals surface area contributed by atoms with Gasteiger partial charge in [-0.1, -0.05) is 29.8 Å². The largest absolute Gasteiger partial charge is 0.444 e. The molecular formula is C23H31N3O4. The van der Waals surface area contributed by atoms with Gasteiger partial charge in [-0.2, -0.15) is 0 Å². The number of nitrogens with one attached hydrogen (secondary N) is 1. The van der Waals surface area contributed by atoms with Crippen molar-refractivity contribution in [2.75, 3.05) is 13.1 Å². The average molecular weight is 414 g/mol. The maximum atomic E-state index is 12.3. The van der Waals surface area contributed by atoms with Crippen molar-refractivity contribution in [1.29, 1.82) is 0 Å². The Kier molecular flexibility index (Phi) is 6.80. The highest BCUT2D eigenvalue weighted by atomic mass is 16.6. The Bertz CT molecular complexity index is 859. The van der Waals surface area contributed by atoms with Crippen LogP contribution in [0.1, 0.15) is 51.5 Å². The molecule has 0 unspecified atom stereocenters. The third-order valence-corrected chi connectivity index (χ3v) is 4.97. The van der Waals surface area contributed by atoms with Gasteiger partial charge in [-0.25, -0.2) is 9.78 Å². The maximum Gasteiger partial charge on any atom is 0.410 e. The third kappa shape index (κ3) is 6.34. The first kappa shape index (κ1) is 21.9. The molecule has 0 spiro atoms. The van der Waals surface area contributed by atoms with E-state index in [4.69, 9.17) is 9.15 Å². The lowest BCUT2D eigenvalue weighted by Gasteiger charge is -2.33. The van der Waals surface area contributed by atoms with Gasteiger partial charge in [0.25, 0.3) is 0 Å². The topological polar surface area (TPSA) is 84.7 Å². The second-order valence-electron chi connectivity index (χ2n) is 8.79. The third-order valence-electron chi connectivity index (χ3n) is 4.97. The van der Waals surface area contributed by atoms with Crippen molar-refractivity contribution < 1.29 is 18.7 Å². The summed E-state index contributed by atoms with van der Waals surface area (Å²) in [4.78, 5) is 30.4. The molecule has 1 fully saturated rings.